The van der Waals surface area contributed by atoms with Crippen LogP contribution < -0.4 is 31.8 Å². The molecule has 0 spiro atoms. The summed E-state index contributed by atoms with van der Waals surface area (Å²) in [5.74, 6) is 0. The molecule has 0 saturated carbocycles. The zero-order valence-corrected chi connectivity index (χ0v) is 27.4. The molecule has 2 nitrogen and oxygen atoms in total. The van der Waals surface area contributed by atoms with Crippen LogP contribution in [0.25, 0.3) is 11.1 Å². The zero-order chi connectivity index (χ0) is 31.1. The van der Waals surface area contributed by atoms with Gasteiger partial charge in [-0.15, -0.1) is 0 Å². The predicted molar refractivity (Wildman–Crippen MR) is 192 cm³/mol. The lowest BCUT2D eigenvalue weighted by Crippen LogP contribution is -2.29. The van der Waals surface area contributed by atoms with Crippen molar-refractivity contribution in [3.05, 3.63) is 169 Å². The van der Waals surface area contributed by atoms with Crippen molar-refractivity contribution in [1.82, 2.24) is 0 Å². The molecule has 0 aliphatic heterocycles. The summed E-state index contributed by atoms with van der Waals surface area (Å²) in [5, 5.41) is 5.02. The molecule has 1 aliphatic rings. The highest BCUT2D eigenvalue weighted by Crippen LogP contribution is 2.55. The molecule has 0 N–H and O–H groups in total. The van der Waals surface area contributed by atoms with Gasteiger partial charge < -0.3 is 9.13 Å². The van der Waals surface area contributed by atoms with Crippen molar-refractivity contribution in [2.45, 2.75) is 32.1 Å². The maximum atomic E-state index is 15.3. The maximum Gasteiger partial charge on any atom is 0.171 e. The summed E-state index contributed by atoms with van der Waals surface area (Å²) in [5.41, 5.74) is 4.46. The van der Waals surface area contributed by atoms with E-state index in [0.717, 1.165) is 44.7 Å². The molecule has 0 unspecified atom stereocenters. The molecule has 0 radical (unpaired) electrons. The van der Waals surface area contributed by atoms with E-state index >= 15 is 9.13 Å². The topological polar surface area (TPSA) is 34.1 Å². The number of fused-ring (bicyclic) bond motifs is 3. The van der Waals surface area contributed by atoms with Crippen molar-refractivity contribution in [3.8, 4) is 11.1 Å². The Kier molecular flexibility index (Phi) is 7.61. The normalized spacial score (nSPS) is 13.6. The van der Waals surface area contributed by atoms with E-state index in [1.54, 1.807) is 0 Å². The first kappa shape index (κ1) is 29.5. The Morgan fingerprint density at radius 3 is 0.956 bits per heavy atom. The third kappa shape index (κ3) is 4.54. The monoisotopic (exact) mass is 622 g/mol. The van der Waals surface area contributed by atoms with Crippen LogP contribution in [0.4, 0.5) is 0 Å². The minimum absolute atomic E-state index is 0.299. The molecule has 0 saturated heterocycles. The summed E-state index contributed by atoms with van der Waals surface area (Å²) < 4.78 is 30.7. The van der Waals surface area contributed by atoms with E-state index in [1.807, 2.05) is 121 Å². The van der Waals surface area contributed by atoms with E-state index in [1.165, 1.54) is 22.3 Å². The fraction of sp³-hybridized carbons (Fsp3) is 0.122. The van der Waals surface area contributed by atoms with Crippen molar-refractivity contribution in [3.63, 3.8) is 0 Å². The summed E-state index contributed by atoms with van der Waals surface area (Å²) in [6.45, 7) is 4.48. The standard InChI is InChI=1S/C41H36O2P2/c1-3-41(4-2)39-29-35(44(42,31-17-9-5-10-18-31)32-19-11-6-12-20-32)25-27-37(39)38-28-26-36(30-40(38)41)45(43,33-21-13-7-14-22-33)34-23-15-8-16-24-34/h5-30H,3-4H2,1-2H3. The Morgan fingerprint density at radius 2 is 0.689 bits per heavy atom. The Labute approximate surface area is 266 Å². The van der Waals surface area contributed by atoms with E-state index in [-0.39, 0.29) is 5.41 Å². The molecule has 6 aromatic rings. The fourth-order valence-corrected chi connectivity index (χ4v) is 12.7. The molecule has 0 atom stereocenters. The van der Waals surface area contributed by atoms with Crippen LogP contribution in [0.3, 0.4) is 0 Å². The maximum absolute atomic E-state index is 15.3. The Balaban J connectivity index is 1.44. The van der Waals surface area contributed by atoms with Gasteiger partial charge in [-0.25, -0.2) is 0 Å². The second-order valence-electron chi connectivity index (χ2n) is 11.8. The van der Waals surface area contributed by atoms with Crippen LogP contribution in [-0.2, 0) is 14.5 Å². The molecule has 45 heavy (non-hydrogen) atoms. The molecular formula is C41H36O2P2. The van der Waals surface area contributed by atoms with Crippen LogP contribution in [0.5, 0.6) is 0 Å². The lowest BCUT2D eigenvalue weighted by molar-refractivity contribution is 0.491. The first-order valence-electron chi connectivity index (χ1n) is 15.7. The Bertz CT molecular complexity index is 1830. The predicted octanol–water partition coefficient (Wildman–Crippen LogP) is 8.05. The number of hydrogen-bond donors (Lipinski definition) is 0. The average Bonchev–Trinajstić information content (AvgIpc) is 3.41. The van der Waals surface area contributed by atoms with Gasteiger partial charge in [0.15, 0.2) is 14.3 Å². The van der Waals surface area contributed by atoms with Crippen LogP contribution in [0.2, 0.25) is 0 Å². The lowest BCUT2D eigenvalue weighted by atomic mass is 9.74. The summed E-state index contributed by atoms with van der Waals surface area (Å²) in [7, 11) is -6.28. The van der Waals surface area contributed by atoms with Crippen LogP contribution in [0.15, 0.2) is 158 Å². The van der Waals surface area contributed by atoms with Crippen LogP contribution in [-0.4, -0.2) is 0 Å². The molecule has 0 amide bonds. The quantitative estimate of drug-likeness (QED) is 0.161. The fourth-order valence-electron chi connectivity index (χ4n) is 7.32. The molecule has 1 aliphatic carbocycles. The molecule has 0 bridgehead atoms. The van der Waals surface area contributed by atoms with Crippen LogP contribution in [0, 0.1) is 0 Å². The van der Waals surface area contributed by atoms with E-state index in [0.29, 0.717) is 0 Å². The largest absolute Gasteiger partial charge is 0.309 e. The summed E-state index contributed by atoms with van der Waals surface area (Å²) in [6.07, 6.45) is 1.75. The molecule has 222 valence electrons. The SMILES string of the molecule is CCC1(CC)c2cc(P(=O)(c3ccccc3)c3ccccc3)ccc2-c2ccc(P(=O)(c3ccccc3)c3ccccc3)cc21. The van der Waals surface area contributed by atoms with Gasteiger partial charge in [0.05, 0.1) is 0 Å². The van der Waals surface area contributed by atoms with Gasteiger partial charge >= 0.3 is 0 Å². The highest BCUT2D eigenvalue weighted by atomic mass is 31.2. The lowest BCUT2D eigenvalue weighted by Gasteiger charge is -2.31. The van der Waals surface area contributed by atoms with Crippen molar-refractivity contribution >= 4 is 46.1 Å². The second kappa shape index (κ2) is 11.6. The van der Waals surface area contributed by atoms with Gasteiger partial charge in [-0.3, -0.25) is 0 Å². The summed E-state index contributed by atoms with van der Waals surface area (Å²) in [4.78, 5) is 0. The highest BCUT2D eigenvalue weighted by Gasteiger charge is 2.43. The molecule has 6 aromatic carbocycles. The first-order chi connectivity index (χ1) is 22.0. The third-order valence-electron chi connectivity index (χ3n) is 9.74. The van der Waals surface area contributed by atoms with E-state index in [2.05, 4.69) is 50.2 Å². The number of benzene rings is 6. The van der Waals surface area contributed by atoms with Crippen molar-refractivity contribution in [2.24, 2.45) is 0 Å². The van der Waals surface area contributed by atoms with Gasteiger partial charge in [0.2, 0.25) is 0 Å². The van der Waals surface area contributed by atoms with Gasteiger partial charge in [-0.05, 0) is 47.2 Å². The van der Waals surface area contributed by atoms with E-state index in [4.69, 9.17) is 0 Å². The summed E-state index contributed by atoms with van der Waals surface area (Å²) in [6, 6.07) is 52.4. The third-order valence-corrected chi connectivity index (χ3v) is 15.9. The van der Waals surface area contributed by atoms with Gasteiger partial charge in [-0.2, -0.15) is 0 Å². The van der Waals surface area contributed by atoms with Gasteiger partial charge in [0.1, 0.15) is 0 Å². The van der Waals surface area contributed by atoms with Gasteiger partial charge in [-0.1, -0.05) is 159 Å². The zero-order valence-electron chi connectivity index (χ0n) is 25.6. The minimum atomic E-state index is -3.14. The first-order valence-corrected chi connectivity index (χ1v) is 19.1. The van der Waals surface area contributed by atoms with Crippen molar-refractivity contribution in [1.29, 1.82) is 0 Å². The summed E-state index contributed by atoms with van der Waals surface area (Å²) >= 11 is 0. The number of rotatable bonds is 8. The number of hydrogen-bond acceptors (Lipinski definition) is 2. The van der Waals surface area contributed by atoms with Crippen molar-refractivity contribution in [2.75, 3.05) is 0 Å². The van der Waals surface area contributed by atoms with Crippen LogP contribution >= 0.6 is 14.3 Å². The molecule has 0 heterocycles. The molecule has 0 aromatic heterocycles. The minimum Gasteiger partial charge on any atom is -0.309 e. The van der Waals surface area contributed by atoms with E-state index in [9.17, 15) is 0 Å². The van der Waals surface area contributed by atoms with Crippen molar-refractivity contribution < 1.29 is 9.13 Å². The second-order valence-corrected chi connectivity index (χ2v) is 17.3. The highest BCUT2D eigenvalue weighted by molar-refractivity contribution is 7.85. The molecular weight excluding hydrogens is 586 g/mol. The smallest absolute Gasteiger partial charge is 0.171 e. The molecule has 7 rings (SSSR count). The average molecular weight is 623 g/mol. The Hall–Kier alpha value is -4.22. The van der Waals surface area contributed by atoms with Gasteiger partial charge in [0.25, 0.3) is 0 Å². The van der Waals surface area contributed by atoms with Crippen LogP contribution in [0.1, 0.15) is 37.8 Å². The molecule has 4 heteroatoms. The molecule has 0 fully saturated rings. The Morgan fingerprint density at radius 1 is 0.400 bits per heavy atom. The van der Waals surface area contributed by atoms with Gasteiger partial charge in [0, 0.05) is 37.2 Å². The van der Waals surface area contributed by atoms with E-state index < -0.39 is 14.3 Å².